The minimum absolute atomic E-state index is 0.184. The van der Waals surface area contributed by atoms with Crippen molar-refractivity contribution in [1.82, 2.24) is 0 Å². The molecule has 0 saturated heterocycles. The van der Waals surface area contributed by atoms with Gasteiger partial charge in [-0.3, -0.25) is 0 Å². The highest BCUT2D eigenvalue weighted by molar-refractivity contribution is 5.24. The summed E-state index contributed by atoms with van der Waals surface area (Å²) in [6.45, 7) is 3.28. The van der Waals surface area contributed by atoms with Crippen LogP contribution in [0.5, 0.6) is 5.75 Å². The highest BCUT2D eigenvalue weighted by Crippen LogP contribution is 2.14. The van der Waals surface area contributed by atoms with Crippen LogP contribution in [0.3, 0.4) is 0 Å². The van der Waals surface area contributed by atoms with Crippen molar-refractivity contribution in [1.29, 1.82) is 0 Å². The van der Waals surface area contributed by atoms with E-state index < -0.39 is 0 Å². The molecule has 0 saturated carbocycles. The van der Waals surface area contributed by atoms with Gasteiger partial charge in [-0.05, 0) is 12.1 Å². The number of para-hydroxylation sites is 1. The highest BCUT2D eigenvalue weighted by atomic mass is 19.1. The maximum Gasteiger partial charge on any atom is 0.165 e. The molecule has 1 aromatic rings. The largest absolute Gasteiger partial charge is 0.454 e. The third-order valence-electron chi connectivity index (χ3n) is 1.11. The molecule has 0 spiro atoms. The third kappa shape index (κ3) is 1.95. The second kappa shape index (κ2) is 3.59. The van der Waals surface area contributed by atoms with E-state index in [1.807, 2.05) is 0 Å². The van der Waals surface area contributed by atoms with Gasteiger partial charge < -0.3 is 4.74 Å². The molecule has 0 aromatic heterocycles. The fourth-order valence-corrected chi connectivity index (χ4v) is 0.645. The molecule has 0 N–H and O–H groups in total. The summed E-state index contributed by atoms with van der Waals surface area (Å²) in [6.07, 6.45) is 1.21. The Morgan fingerprint density at radius 3 is 2.82 bits per heavy atom. The van der Waals surface area contributed by atoms with Crippen LogP contribution >= 0.6 is 0 Å². The van der Waals surface area contributed by atoms with Crippen LogP contribution in [0.4, 0.5) is 4.39 Å². The fourth-order valence-electron chi connectivity index (χ4n) is 0.645. The van der Waals surface area contributed by atoms with Crippen molar-refractivity contribution >= 4 is 0 Å². The van der Waals surface area contributed by atoms with Crippen molar-refractivity contribution in [3.8, 4) is 5.75 Å². The predicted octanol–water partition coefficient (Wildman–Crippen LogP) is 2.50. The molecule has 0 aliphatic heterocycles. The maximum absolute atomic E-state index is 12.7. The smallest absolute Gasteiger partial charge is 0.165 e. The normalized spacial score (nSPS) is 8.45. The first-order valence-electron chi connectivity index (χ1n) is 3.10. The van der Waals surface area contributed by atoms with Gasteiger partial charge in [0.25, 0.3) is 0 Å². The Bertz CT molecular complexity index is 287. The van der Waals surface area contributed by atoms with Crippen molar-refractivity contribution < 1.29 is 9.13 Å². The summed E-state index contributed by atoms with van der Waals surface area (Å²) in [4.78, 5) is 0. The minimum Gasteiger partial charge on any atom is -0.454 e. The molecule has 0 aliphatic carbocycles. The molecule has 56 valence electrons. The van der Waals surface area contributed by atoms with Gasteiger partial charge in [-0.25, -0.2) is 4.39 Å². The Morgan fingerprint density at radius 1 is 1.45 bits per heavy atom. The number of hydrogen-bond donors (Lipinski definition) is 0. The fraction of sp³-hybridized carbons (Fsp3) is 0. The molecule has 0 amide bonds. The summed E-state index contributed by atoms with van der Waals surface area (Å²) >= 11 is 0. The van der Waals surface area contributed by atoms with E-state index in [0.29, 0.717) is 0 Å². The Morgan fingerprint density at radius 2 is 2.18 bits per heavy atom. The standard InChI is InChI=1S/C9H7FO/c1-2-7-11-9-6-4-3-5-8(9)10/h3-7H,1H2. The lowest BCUT2D eigenvalue weighted by atomic mass is 10.3. The van der Waals surface area contributed by atoms with E-state index >= 15 is 0 Å². The quantitative estimate of drug-likeness (QED) is 0.465. The molecule has 1 aromatic carbocycles. The summed E-state index contributed by atoms with van der Waals surface area (Å²) < 4.78 is 17.5. The van der Waals surface area contributed by atoms with Crippen LogP contribution in [0.25, 0.3) is 0 Å². The van der Waals surface area contributed by atoms with Crippen LogP contribution in [0.2, 0.25) is 0 Å². The molecule has 1 nitrogen and oxygen atoms in total. The lowest BCUT2D eigenvalue weighted by Gasteiger charge is -1.98. The molecule has 0 unspecified atom stereocenters. The topological polar surface area (TPSA) is 9.23 Å². The van der Waals surface area contributed by atoms with E-state index in [9.17, 15) is 4.39 Å². The number of rotatable bonds is 2. The van der Waals surface area contributed by atoms with E-state index in [4.69, 9.17) is 4.74 Å². The van der Waals surface area contributed by atoms with Crippen LogP contribution in [0.1, 0.15) is 0 Å². The van der Waals surface area contributed by atoms with Crippen molar-refractivity contribution in [3.63, 3.8) is 0 Å². The van der Waals surface area contributed by atoms with Crippen molar-refractivity contribution in [3.05, 3.63) is 48.7 Å². The summed E-state index contributed by atoms with van der Waals surface area (Å²) in [6, 6.07) is 6.14. The zero-order valence-corrected chi connectivity index (χ0v) is 5.88. The number of ether oxygens (including phenoxy) is 1. The molecule has 0 fully saturated rings. The Kier molecular flexibility index (Phi) is 2.47. The van der Waals surface area contributed by atoms with Gasteiger partial charge in [0.05, 0.1) is 0 Å². The average Bonchev–Trinajstić information content (AvgIpc) is 2.03. The van der Waals surface area contributed by atoms with Crippen LogP contribution < -0.4 is 4.74 Å². The van der Waals surface area contributed by atoms with Gasteiger partial charge >= 0.3 is 0 Å². The lowest BCUT2D eigenvalue weighted by molar-refractivity contribution is 0.442. The van der Waals surface area contributed by atoms with Crippen molar-refractivity contribution in [2.24, 2.45) is 0 Å². The third-order valence-corrected chi connectivity index (χ3v) is 1.11. The molecule has 0 bridgehead atoms. The molecule has 2 heteroatoms. The zero-order valence-electron chi connectivity index (χ0n) is 5.88. The summed E-state index contributed by atoms with van der Waals surface area (Å²) in [5.74, 6) is -0.206. The second-order valence-corrected chi connectivity index (χ2v) is 1.87. The zero-order chi connectivity index (χ0) is 8.10. The van der Waals surface area contributed by atoms with Gasteiger partial charge in [0, 0.05) is 0 Å². The van der Waals surface area contributed by atoms with E-state index in [2.05, 4.69) is 12.3 Å². The van der Waals surface area contributed by atoms with Crippen LogP contribution in [-0.4, -0.2) is 0 Å². The summed E-state index contributed by atoms with van der Waals surface area (Å²) in [7, 11) is 0. The Labute approximate surface area is 64.4 Å². The summed E-state index contributed by atoms with van der Waals surface area (Å²) in [5.41, 5.74) is 2.38. The first-order chi connectivity index (χ1) is 5.34. The molecular formula is C9H7FO. The first-order valence-corrected chi connectivity index (χ1v) is 3.10. The monoisotopic (exact) mass is 150 g/mol. The van der Waals surface area contributed by atoms with E-state index in [1.165, 1.54) is 18.4 Å². The predicted molar refractivity (Wildman–Crippen MR) is 40.7 cm³/mol. The van der Waals surface area contributed by atoms with Gasteiger partial charge in [0.15, 0.2) is 11.6 Å². The molecule has 0 radical (unpaired) electrons. The Balaban J connectivity index is 2.85. The average molecular weight is 150 g/mol. The molecule has 0 heterocycles. The van der Waals surface area contributed by atoms with E-state index in [0.717, 1.165) is 0 Å². The molecular weight excluding hydrogens is 143 g/mol. The van der Waals surface area contributed by atoms with Crippen LogP contribution in [0.15, 0.2) is 42.8 Å². The van der Waals surface area contributed by atoms with Crippen molar-refractivity contribution in [2.45, 2.75) is 0 Å². The number of halogens is 1. The highest BCUT2D eigenvalue weighted by Gasteiger charge is 1.97. The number of hydrogen-bond acceptors (Lipinski definition) is 1. The lowest BCUT2D eigenvalue weighted by Crippen LogP contribution is -1.84. The maximum atomic E-state index is 12.7. The SMILES string of the molecule is C=C=COc1ccccc1F. The molecule has 0 atom stereocenters. The van der Waals surface area contributed by atoms with E-state index in [-0.39, 0.29) is 11.6 Å². The van der Waals surface area contributed by atoms with Crippen LogP contribution in [-0.2, 0) is 0 Å². The van der Waals surface area contributed by atoms with Crippen LogP contribution in [0, 0.1) is 5.82 Å². The van der Waals surface area contributed by atoms with Gasteiger partial charge in [0.1, 0.15) is 6.26 Å². The second-order valence-electron chi connectivity index (χ2n) is 1.87. The summed E-state index contributed by atoms with van der Waals surface area (Å²) in [5, 5.41) is 0. The van der Waals surface area contributed by atoms with E-state index in [1.54, 1.807) is 12.1 Å². The molecule has 11 heavy (non-hydrogen) atoms. The first kappa shape index (κ1) is 7.58. The van der Waals surface area contributed by atoms with Crippen molar-refractivity contribution in [2.75, 3.05) is 0 Å². The van der Waals surface area contributed by atoms with Gasteiger partial charge in [0.2, 0.25) is 0 Å². The minimum atomic E-state index is -0.390. The Hall–Kier alpha value is -1.53. The molecule has 0 aliphatic rings. The van der Waals surface area contributed by atoms with Gasteiger partial charge in [-0.1, -0.05) is 24.4 Å². The number of benzene rings is 1. The van der Waals surface area contributed by atoms with Gasteiger partial charge in [-0.2, -0.15) is 0 Å². The molecule has 1 rings (SSSR count). The van der Waals surface area contributed by atoms with Gasteiger partial charge in [-0.15, -0.1) is 0 Å².